The van der Waals surface area contributed by atoms with E-state index < -0.39 is 0 Å². The molecule has 0 radical (unpaired) electrons. The lowest BCUT2D eigenvalue weighted by Gasteiger charge is -2.02. The summed E-state index contributed by atoms with van der Waals surface area (Å²) in [5.74, 6) is 0.626. The Labute approximate surface area is 112 Å². The topological polar surface area (TPSA) is 54.7 Å². The van der Waals surface area contributed by atoms with Crippen LogP contribution in [0.4, 0.5) is 5.82 Å². The second kappa shape index (κ2) is 6.59. The van der Waals surface area contributed by atoms with Crippen molar-refractivity contribution in [3.05, 3.63) is 23.2 Å². The van der Waals surface area contributed by atoms with Gasteiger partial charge in [0.2, 0.25) is 0 Å². The molecule has 0 aromatic carbocycles. The molecule has 0 bridgehead atoms. The monoisotopic (exact) mass is 263 g/mol. The van der Waals surface area contributed by atoms with Crippen molar-refractivity contribution in [3.8, 4) is 10.4 Å². The minimum absolute atomic E-state index is 0.626. The zero-order valence-corrected chi connectivity index (χ0v) is 11.7. The van der Waals surface area contributed by atoms with Crippen LogP contribution in [0.2, 0.25) is 0 Å². The van der Waals surface area contributed by atoms with E-state index in [4.69, 9.17) is 5.73 Å². The number of aromatic nitrogens is 2. The summed E-state index contributed by atoms with van der Waals surface area (Å²) in [7, 11) is 0. The number of hydrogen-bond donors (Lipinski definition) is 2. The molecule has 0 aliphatic rings. The van der Waals surface area contributed by atoms with Crippen LogP contribution >= 0.6 is 11.3 Å². The Morgan fingerprint density at radius 1 is 1.28 bits per heavy atom. The lowest BCUT2D eigenvalue weighted by molar-refractivity contribution is 0.628. The van der Waals surface area contributed by atoms with Crippen LogP contribution in [0.3, 0.4) is 0 Å². The molecule has 2 aromatic heterocycles. The molecule has 0 unspecified atom stereocenters. The molecular weight excluding hydrogens is 242 g/mol. The minimum atomic E-state index is 0.626. The van der Waals surface area contributed by atoms with Crippen LogP contribution in [0.1, 0.15) is 44.7 Å². The van der Waals surface area contributed by atoms with E-state index in [1.807, 2.05) is 0 Å². The van der Waals surface area contributed by atoms with Gasteiger partial charge in [-0.05, 0) is 24.3 Å². The van der Waals surface area contributed by atoms with Crippen molar-refractivity contribution < 1.29 is 0 Å². The molecule has 3 nitrogen and oxygen atoms in total. The number of nitrogens with two attached hydrogens (primary N) is 1. The van der Waals surface area contributed by atoms with Crippen molar-refractivity contribution in [2.24, 2.45) is 0 Å². The standard InChI is InChI=1S/C14H21N3S/c1-2-3-4-5-6-8-11-13(14(15)17-16-11)12-9-7-10-18-12/h7,9-10H,2-6,8H2,1H3,(H3,15,16,17). The maximum Gasteiger partial charge on any atom is 0.154 e. The van der Waals surface area contributed by atoms with E-state index in [2.05, 4.69) is 34.6 Å². The van der Waals surface area contributed by atoms with Gasteiger partial charge in [-0.15, -0.1) is 11.3 Å². The van der Waals surface area contributed by atoms with Crippen molar-refractivity contribution in [3.63, 3.8) is 0 Å². The van der Waals surface area contributed by atoms with Crippen molar-refractivity contribution in [1.82, 2.24) is 10.2 Å². The number of hydrogen-bond acceptors (Lipinski definition) is 3. The third-order valence-corrected chi connectivity index (χ3v) is 4.05. The molecule has 18 heavy (non-hydrogen) atoms. The van der Waals surface area contributed by atoms with Crippen molar-refractivity contribution in [1.29, 1.82) is 0 Å². The zero-order chi connectivity index (χ0) is 12.8. The second-order valence-corrected chi connectivity index (χ2v) is 5.55. The van der Waals surface area contributed by atoms with Crippen LogP contribution in [0.25, 0.3) is 10.4 Å². The van der Waals surface area contributed by atoms with Gasteiger partial charge in [0.05, 0.1) is 5.56 Å². The van der Waals surface area contributed by atoms with Crippen LogP contribution in [0, 0.1) is 0 Å². The summed E-state index contributed by atoms with van der Waals surface area (Å²) in [6.45, 7) is 2.24. The number of nitrogens with one attached hydrogen (secondary N) is 1. The number of nitrogen functional groups attached to an aromatic ring is 1. The second-order valence-electron chi connectivity index (χ2n) is 4.60. The number of anilines is 1. The van der Waals surface area contributed by atoms with Crippen molar-refractivity contribution in [2.75, 3.05) is 5.73 Å². The summed E-state index contributed by atoms with van der Waals surface area (Å²) in [5, 5.41) is 9.31. The van der Waals surface area contributed by atoms with Crippen molar-refractivity contribution in [2.45, 2.75) is 45.4 Å². The average Bonchev–Trinajstić information content (AvgIpc) is 2.98. The number of H-pyrrole nitrogens is 1. The van der Waals surface area contributed by atoms with Crippen LogP contribution < -0.4 is 5.73 Å². The van der Waals surface area contributed by atoms with Crippen LogP contribution in [-0.2, 0) is 6.42 Å². The van der Waals surface area contributed by atoms with Gasteiger partial charge < -0.3 is 5.73 Å². The molecule has 0 amide bonds. The fraction of sp³-hybridized carbons (Fsp3) is 0.500. The van der Waals surface area contributed by atoms with Crippen LogP contribution in [-0.4, -0.2) is 10.2 Å². The molecule has 0 atom stereocenters. The third kappa shape index (κ3) is 3.13. The van der Waals surface area contributed by atoms with Gasteiger partial charge in [-0.2, -0.15) is 5.10 Å². The van der Waals surface area contributed by atoms with Gasteiger partial charge in [0.15, 0.2) is 5.82 Å². The van der Waals surface area contributed by atoms with Gasteiger partial charge in [0.25, 0.3) is 0 Å². The summed E-state index contributed by atoms with van der Waals surface area (Å²) < 4.78 is 0. The van der Waals surface area contributed by atoms with Gasteiger partial charge in [0, 0.05) is 10.6 Å². The largest absolute Gasteiger partial charge is 0.382 e. The van der Waals surface area contributed by atoms with Crippen LogP contribution in [0.5, 0.6) is 0 Å². The maximum absolute atomic E-state index is 5.95. The first-order valence-electron chi connectivity index (χ1n) is 6.69. The predicted octanol–water partition coefficient (Wildman–Crippen LogP) is 4.23. The van der Waals surface area contributed by atoms with E-state index in [-0.39, 0.29) is 0 Å². The van der Waals surface area contributed by atoms with E-state index in [1.165, 1.54) is 42.7 Å². The number of unbranched alkanes of at least 4 members (excludes halogenated alkanes) is 4. The highest BCUT2D eigenvalue weighted by atomic mass is 32.1. The van der Waals surface area contributed by atoms with Crippen molar-refractivity contribution >= 4 is 17.2 Å². The molecule has 98 valence electrons. The highest BCUT2D eigenvalue weighted by Crippen LogP contribution is 2.32. The molecule has 0 aliphatic heterocycles. The Morgan fingerprint density at radius 2 is 2.11 bits per heavy atom. The molecule has 3 N–H and O–H groups in total. The Morgan fingerprint density at radius 3 is 2.83 bits per heavy atom. The highest BCUT2D eigenvalue weighted by Gasteiger charge is 2.13. The Bertz CT molecular complexity index is 459. The molecule has 0 spiro atoms. The number of aromatic amines is 1. The molecule has 0 saturated carbocycles. The van der Waals surface area contributed by atoms with E-state index in [0.29, 0.717) is 5.82 Å². The fourth-order valence-electron chi connectivity index (χ4n) is 2.18. The predicted molar refractivity (Wildman–Crippen MR) is 78.8 cm³/mol. The highest BCUT2D eigenvalue weighted by molar-refractivity contribution is 7.13. The lowest BCUT2D eigenvalue weighted by atomic mass is 10.1. The van der Waals surface area contributed by atoms with Gasteiger partial charge in [-0.3, -0.25) is 5.10 Å². The van der Waals surface area contributed by atoms with E-state index >= 15 is 0 Å². The lowest BCUT2D eigenvalue weighted by Crippen LogP contribution is -1.90. The number of nitrogens with zero attached hydrogens (tertiary/aromatic N) is 1. The van der Waals surface area contributed by atoms with Gasteiger partial charge in [0.1, 0.15) is 0 Å². The number of aryl methyl sites for hydroxylation is 1. The number of thiophene rings is 1. The normalized spacial score (nSPS) is 10.9. The average molecular weight is 263 g/mol. The molecule has 2 heterocycles. The third-order valence-electron chi connectivity index (χ3n) is 3.17. The number of rotatable bonds is 7. The molecular formula is C14H21N3S. The smallest absolute Gasteiger partial charge is 0.154 e. The summed E-state index contributed by atoms with van der Waals surface area (Å²) >= 11 is 1.72. The fourth-order valence-corrected chi connectivity index (χ4v) is 2.98. The molecule has 0 aliphatic carbocycles. The Kier molecular flexibility index (Phi) is 4.81. The van der Waals surface area contributed by atoms with Crippen LogP contribution in [0.15, 0.2) is 17.5 Å². The summed E-state index contributed by atoms with van der Waals surface area (Å²) in [6.07, 6.45) is 7.49. The first-order valence-corrected chi connectivity index (χ1v) is 7.57. The molecule has 0 fully saturated rings. The summed E-state index contributed by atoms with van der Waals surface area (Å²) in [4.78, 5) is 1.21. The first kappa shape index (κ1) is 13.1. The SMILES string of the molecule is CCCCCCCc1[nH]nc(N)c1-c1cccs1. The molecule has 2 aromatic rings. The van der Waals surface area contributed by atoms with E-state index in [9.17, 15) is 0 Å². The summed E-state index contributed by atoms with van der Waals surface area (Å²) in [6, 6.07) is 4.16. The van der Waals surface area contributed by atoms with Gasteiger partial charge >= 0.3 is 0 Å². The zero-order valence-electron chi connectivity index (χ0n) is 10.9. The van der Waals surface area contributed by atoms with E-state index in [0.717, 1.165) is 12.0 Å². The Balaban J connectivity index is 1.97. The Hall–Kier alpha value is -1.29. The van der Waals surface area contributed by atoms with Gasteiger partial charge in [-0.1, -0.05) is 38.7 Å². The molecule has 2 rings (SSSR count). The van der Waals surface area contributed by atoms with Gasteiger partial charge in [-0.25, -0.2) is 0 Å². The summed E-state index contributed by atoms with van der Waals surface area (Å²) in [5.41, 5.74) is 8.25. The molecule has 4 heteroatoms. The van der Waals surface area contributed by atoms with E-state index in [1.54, 1.807) is 11.3 Å². The maximum atomic E-state index is 5.95. The molecule has 0 saturated heterocycles. The quantitative estimate of drug-likeness (QED) is 0.734. The first-order chi connectivity index (χ1) is 8.83. The minimum Gasteiger partial charge on any atom is -0.382 e.